The van der Waals surface area contributed by atoms with Crippen molar-refractivity contribution < 1.29 is 13.9 Å². The Kier molecular flexibility index (Phi) is 5.87. The van der Waals surface area contributed by atoms with E-state index in [1.54, 1.807) is 6.07 Å². The Hall–Kier alpha value is -1.33. The number of amides is 1. The summed E-state index contributed by atoms with van der Waals surface area (Å²) >= 11 is 5.86. The third-order valence-electron chi connectivity index (χ3n) is 3.71. The summed E-state index contributed by atoms with van der Waals surface area (Å²) in [7, 11) is 0. The molecule has 1 aromatic carbocycles. The predicted molar refractivity (Wildman–Crippen MR) is 89.0 cm³/mol. The molecule has 0 spiro atoms. The predicted octanol–water partition coefficient (Wildman–Crippen LogP) is 4.01. The van der Waals surface area contributed by atoms with Crippen LogP contribution in [0.15, 0.2) is 18.2 Å². The molecule has 1 saturated carbocycles. The zero-order valence-corrected chi connectivity index (χ0v) is 14.5. The number of alkyl carbamates (subject to hydrolysis) is 1. The number of carbonyl (C=O) groups excluding carboxylic acids is 1. The van der Waals surface area contributed by atoms with Crippen LogP contribution >= 0.6 is 11.6 Å². The zero-order chi connectivity index (χ0) is 17.0. The largest absolute Gasteiger partial charge is 0.444 e. The van der Waals surface area contributed by atoms with E-state index in [2.05, 4.69) is 10.6 Å². The summed E-state index contributed by atoms with van der Waals surface area (Å²) in [6.45, 7) is 6.02. The molecular weight excluding hydrogens is 319 g/mol. The van der Waals surface area contributed by atoms with E-state index < -0.39 is 11.7 Å². The van der Waals surface area contributed by atoms with E-state index in [9.17, 15) is 9.18 Å². The molecule has 0 aliphatic heterocycles. The number of hydrogen-bond donors (Lipinski definition) is 2. The van der Waals surface area contributed by atoms with Crippen molar-refractivity contribution in [3.8, 4) is 0 Å². The topological polar surface area (TPSA) is 50.4 Å². The first kappa shape index (κ1) is 18.0. The first-order chi connectivity index (χ1) is 10.7. The van der Waals surface area contributed by atoms with Crippen molar-refractivity contribution in [3.63, 3.8) is 0 Å². The number of nitrogens with one attached hydrogen (secondary N) is 2. The van der Waals surface area contributed by atoms with Gasteiger partial charge in [-0.15, -0.1) is 0 Å². The van der Waals surface area contributed by atoms with Crippen LogP contribution in [0.2, 0.25) is 5.02 Å². The molecule has 1 amide bonds. The Morgan fingerprint density at radius 1 is 1.30 bits per heavy atom. The number of hydrogen-bond acceptors (Lipinski definition) is 3. The normalized spacial score (nSPS) is 21.3. The van der Waals surface area contributed by atoms with Gasteiger partial charge in [0, 0.05) is 23.7 Å². The van der Waals surface area contributed by atoms with Gasteiger partial charge in [-0.05, 0) is 63.8 Å². The van der Waals surface area contributed by atoms with E-state index in [1.807, 2.05) is 20.8 Å². The molecule has 0 bridgehead atoms. The summed E-state index contributed by atoms with van der Waals surface area (Å²) in [5, 5.41) is 6.68. The lowest BCUT2D eigenvalue weighted by atomic mass is 10.1. The van der Waals surface area contributed by atoms with Crippen LogP contribution < -0.4 is 10.6 Å². The van der Waals surface area contributed by atoms with Gasteiger partial charge >= 0.3 is 6.09 Å². The third kappa shape index (κ3) is 5.99. The molecule has 2 unspecified atom stereocenters. The van der Waals surface area contributed by atoms with Crippen molar-refractivity contribution in [3.05, 3.63) is 34.6 Å². The Morgan fingerprint density at radius 2 is 2.00 bits per heavy atom. The molecular formula is C17H24ClFN2O2. The van der Waals surface area contributed by atoms with Crippen LogP contribution in [-0.2, 0) is 11.3 Å². The second-order valence-corrected chi connectivity index (χ2v) is 7.39. The van der Waals surface area contributed by atoms with Gasteiger partial charge in [-0.2, -0.15) is 0 Å². The second kappa shape index (κ2) is 7.49. The highest BCUT2D eigenvalue weighted by atomic mass is 35.5. The minimum atomic E-state index is -0.510. The molecule has 1 aliphatic carbocycles. The van der Waals surface area contributed by atoms with Crippen LogP contribution in [0.4, 0.5) is 9.18 Å². The minimum Gasteiger partial charge on any atom is -0.444 e. The molecule has 2 atom stereocenters. The van der Waals surface area contributed by atoms with Crippen LogP contribution in [0.25, 0.3) is 0 Å². The maximum Gasteiger partial charge on any atom is 0.407 e. The lowest BCUT2D eigenvalue weighted by Crippen LogP contribution is -2.47. The highest BCUT2D eigenvalue weighted by Gasteiger charge is 2.29. The highest BCUT2D eigenvalue weighted by Crippen LogP contribution is 2.21. The van der Waals surface area contributed by atoms with Gasteiger partial charge in [0.05, 0.1) is 0 Å². The lowest BCUT2D eigenvalue weighted by molar-refractivity contribution is 0.0498. The summed E-state index contributed by atoms with van der Waals surface area (Å²) in [6, 6.07) is 4.65. The van der Waals surface area contributed by atoms with Crippen molar-refractivity contribution in [1.82, 2.24) is 10.6 Å². The molecule has 0 aromatic heterocycles. The Morgan fingerprint density at radius 3 is 2.65 bits per heavy atom. The molecule has 1 fully saturated rings. The van der Waals surface area contributed by atoms with E-state index in [-0.39, 0.29) is 17.9 Å². The molecule has 23 heavy (non-hydrogen) atoms. The smallest absolute Gasteiger partial charge is 0.407 e. The van der Waals surface area contributed by atoms with E-state index in [0.717, 1.165) is 24.8 Å². The minimum absolute atomic E-state index is 0.0221. The van der Waals surface area contributed by atoms with Gasteiger partial charge in [0.1, 0.15) is 11.4 Å². The fraction of sp³-hybridized carbons (Fsp3) is 0.588. The molecule has 4 nitrogen and oxygen atoms in total. The standard InChI is InChI=1S/C17H24ClFN2O2/c1-17(2,3)23-16(22)21-15-6-4-5-14(15)20-10-11-7-12(18)9-13(19)8-11/h7-9,14-15,20H,4-6,10H2,1-3H3,(H,21,22). The van der Waals surface area contributed by atoms with E-state index in [1.165, 1.54) is 12.1 Å². The molecule has 1 aliphatic rings. The summed E-state index contributed by atoms with van der Waals surface area (Å²) < 4.78 is 18.6. The second-order valence-electron chi connectivity index (χ2n) is 6.95. The molecule has 1 aromatic rings. The van der Waals surface area contributed by atoms with Crippen molar-refractivity contribution in [1.29, 1.82) is 0 Å². The van der Waals surface area contributed by atoms with E-state index in [4.69, 9.17) is 16.3 Å². The van der Waals surface area contributed by atoms with Crippen molar-refractivity contribution in [2.75, 3.05) is 0 Å². The lowest BCUT2D eigenvalue weighted by Gasteiger charge is -2.25. The van der Waals surface area contributed by atoms with E-state index >= 15 is 0 Å². The van der Waals surface area contributed by atoms with Gasteiger partial charge in [-0.3, -0.25) is 0 Å². The maximum absolute atomic E-state index is 13.3. The number of rotatable bonds is 4. The van der Waals surface area contributed by atoms with Crippen LogP contribution in [0.5, 0.6) is 0 Å². The number of ether oxygens (including phenoxy) is 1. The Bertz CT molecular complexity index is 540. The molecule has 2 N–H and O–H groups in total. The van der Waals surface area contributed by atoms with Gasteiger partial charge in [-0.25, -0.2) is 9.18 Å². The van der Waals surface area contributed by atoms with E-state index in [0.29, 0.717) is 11.6 Å². The Balaban J connectivity index is 1.88. The highest BCUT2D eigenvalue weighted by molar-refractivity contribution is 6.30. The summed E-state index contributed by atoms with van der Waals surface area (Å²) in [5.74, 6) is -0.343. The molecule has 2 rings (SSSR count). The molecule has 0 saturated heterocycles. The van der Waals surface area contributed by atoms with Crippen molar-refractivity contribution >= 4 is 17.7 Å². The molecule has 128 valence electrons. The SMILES string of the molecule is CC(C)(C)OC(=O)NC1CCCC1NCc1cc(F)cc(Cl)c1. The van der Waals surface area contributed by atoms with Crippen LogP contribution in [0.3, 0.4) is 0 Å². The van der Waals surface area contributed by atoms with Crippen molar-refractivity contribution in [2.24, 2.45) is 0 Å². The first-order valence-electron chi connectivity index (χ1n) is 7.91. The quantitative estimate of drug-likeness (QED) is 0.869. The van der Waals surface area contributed by atoms with Crippen molar-refractivity contribution in [2.45, 2.75) is 64.3 Å². The maximum atomic E-state index is 13.3. The third-order valence-corrected chi connectivity index (χ3v) is 3.93. The molecule has 6 heteroatoms. The fourth-order valence-corrected chi connectivity index (χ4v) is 3.04. The average molecular weight is 343 g/mol. The Labute approximate surface area is 141 Å². The van der Waals surface area contributed by atoms with Crippen LogP contribution in [-0.4, -0.2) is 23.8 Å². The molecule has 0 heterocycles. The summed E-state index contributed by atoms with van der Waals surface area (Å²) in [6.07, 6.45) is 2.50. The van der Waals surface area contributed by atoms with Gasteiger partial charge in [-0.1, -0.05) is 11.6 Å². The average Bonchev–Trinajstić information content (AvgIpc) is 2.80. The van der Waals surface area contributed by atoms with Gasteiger partial charge in [0.25, 0.3) is 0 Å². The van der Waals surface area contributed by atoms with Crippen LogP contribution in [0.1, 0.15) is 45.6 Å². The number of carbonyl (C=O) groups is 1. The van der Waals surface area contributed by atoms with Gasteiger partial charge in [0.15, 0.2) is 0 Å². The van der Waals surface area contributed by atoms with Crippen LogP contribution in [0, 0.1) is 5.82 Å². The van der Waals surface area contributed by atoms with Gasteiger partial charge < -0.3 is 15.4 Å². The number of benzene rings is 1. The first-order valence-corrected chi connectivity index (χ1v) is 8.28. The summed E-state index contributed by atoms with van der Waals surface area (Å²) in [5.41, 5.74) is 0.280. The summed E-state index contributed by atoms with van der Waals surface area (Å²) in [4.78, 5) is 11.9. The molecule has 0 radical (unpaired) electrons. The fourth-order valence-electron chi connectivity index (χ4n) is 2.80. The monoisotopic (exact) mass is 342 g/mol. The number of halogens is 2. The van der Waals surface area contributed by atoms with Gasteiger partial charge in [0.2, 0.25) is 0 Å². The zero-order valence-electron chi connectivity index (χ0n) is 13.8.